The summed E-state index contributed by atoms with van der Waals surface area (Å²) in [5.41, 5.74) is -1.24. The predicted octanol–water partition coefficient (Wildman–Crippen LogP) is 2.74. The SMILES string of the molecule is CNc1cc(-n2ccc(C(F)(F)F)n2)nc(C(F)(F)F)n1. The topological polar surface area (TPSA) is 55.6 Å². The van der Waals surface area contributed by atoms with Gasteiger partial charge in [-0.3, -0.25) is 0 Å². The van der Waals surface area contributed by atoms with Crippen LogP contribution in [-0.4, -0.2) is 26.8 Å². The maximum absolute atomic E-state index is 12.6. The van der Waals surface area contributed by atoms with Gasteiger partial charge in [0.2, 0.25) is 5.82 Å². The van der Waals surface area contributed by atoms with Gasteiger partial charge < -0.3 is 5.32 Å². The van der Waals surface area contributed by atoms with Gasteiger partial charge in [-0.2, -0.15) is 31.4 Å². The Kier molecular flexibility index (Phi) is 3.51. The van der Waals surface area contributed by atoms with Gasteiger partial charge in [-0.25, -0.2) is 14.6 Å². The number of nitrogens with one attached hydrogen (secondary N) is 1. The van der Waals surface area contributed by atoms with Gasteiger partial charge in [-0.05, 0) is 6.07 Å². The van der Waals surface area contributed by atoms with Crippen LogP contribution in [0.1, 0.15) is 11.5 Å². The van der Waals surface area contributed by atoms with Crippen molar-refractivity contribution >= 4 is 5.82 Å². The van der Waals surface area contributed by atoms with Crippen molar-refractivity contribution < 1.29 is 26.3 Å². The Morgan fingerprint density at radius 2 is 1.71 bits per heavy atom. The zero-order chi connectivity index (χ0) is 15.8. The molecule has 5 nitrogen and oxygen atoms in total. The molecule has 0 atom stereocenters. The van der Waals surface area contributed by atoms with Crippen molar-refractivity contribution in [3.8, 4) is 5.82 Å². The van der Waals surface area contributed by atoms with Crippen molar-refractivity contribution in [3.05, 3.63) is 29.8 Å². The minimum absolute atomic E-state index is 0.198. The van der Waals surface area contributed by atoms with E-state index >= 15 is 0 Å². The number of alkyl halides is 6. The summed E-state index contributed by atoms with van der Waals surface area (Å²) < 4.78 is 75.8. The molecule has 21 heavy (non-hydrogen) atoms. The second-order valence-corrected chi connectivity index (χ2v) is 3.83. The van der Waals surface area contributed by atoms with E-state index in [9.17, 15) is 26.3 Å². The van der Waals surface area contributed by atoms with Crippen LogP contribution in [-0.2, 0) is 12.4 Å². The van der Waals surface area contributed by atoms with Crippen LogP contribution in [0.2, 0.25) is 0 Å². The van der Waals surface area contributed by atoms with Crippen molar-refractivity contribution in [2.75, 3.05) is 12.4 Å². The van der Waals surface area contributed by atoms with Gasteiger partial charge >= 0.3 is 12.4 Å². The summed E-state index contributed by atoms with van der Waals surface area (Å²) in [7, 11) is 1.32. The number of aromatic nitrogens is 4. The summed E-state index contributed by atoms with van der Waals surface area (Å²) in [6, 6.07) is 1.68. The van der Waals surface area contributed by atoms with E-state index in [0.29, 0.717) is 10.7 Å². The molecule has 0 radical (unpaired) electrons. The number of halogens is 6. The maximum atomic E-state index is 12.6. The van der Waals surface area contributed by atoms with Crippen LogP contribution >= 0.6 is 0 Å². The molecule has 2 rings (SSSR count). The first kappa shape index (κ1) is 15.1. The Hall–Kier alpha value is -2.33. The smallest absolute Gasteiger partial charge is 0.373 e. The molecule has 0 saturated heterocycles. The lowest BCUT2D eigenvalue weighted by Crippen LogP contribution is -2.15. The molecule has 0 saturated carbocycles. The lowest BCUT2D eigenvalue weighted by Gasteiger charge is -2.10. The number of hydrogen-bond donors (Lipinski definition) is 1. The third-order valence-corrected chi connectivity index (χ3v) is 2.34. The molecule has 2 aromatic heterocycles. The molecule has 0 aliphatic heterocycles. The Labute approximate surface area is 113 Å². The van der Waals surface area contributed by atoms with Crippen LogP contribution in [0, 0.1) is 0 Å². The van der Waals surface area contributed by atoms with E-state index < -0.39 is 29.7 Å². The molecule has 0 unspecified atom stereocenters. The number of anilines is 1. The van der Waals surface area contributed by atoms with Gasteiger partial charge in [0.25, 0.3) is 0 Å². The molecule has 0 aliphatic rings. The minimum Gasteiger partial charge on any atom is -0.373 e. The monoisotopic (exact) mass is 311 g/mol. The predicted molar refractivity (Wildman–Crippen MR) is 58.7 cm³/mol. The van der Waals surface area contributed by atoms with E-state index in [1.165, 1.54) is 7.05 Å². The zero-order valence-electron chi connectivity index (χ0n) is 10.3. The zero-order valence-corrected chi connectivity index (χ0v) is 10.3. The molecule has 0 aromatic carbocycles. The maximum Gasteiger partial charge on any atom is 0.451 e. The molecule has 0 aliphatic carbocycles. The van der Waals surface area contributed by atoms with Crippen molar-refractivity contribution in [2.24, 2.45) is 0 Å². The first-order valence-corrected chi connectivity index (χ1v) is 5.38. The van der Waals surface area contributed by atoms with Gasteiger partial charge in [-0.15, -0.1) is 0 Å². The Balaban J connectivity index is 2.51. The number of rotatable bonds is 2. The molecule has 2 heterocycles. The Morgan fingerprint density at radius 3 is 2.19 bits per heavy atom. The molecular weight excluding hydrogens is 304 g/mol. The van der Waals surface area contributed by atoms with Crippen molar-refractivity contribution in [1.29, 1.82) is 0 Å². The number of hydrogen-bond acceptors (Lipinski definition) is 4. The average molecular weight is 311 g/mol. The molecular formula is C10H7F6N5. The normalized spacial score (nSPS) is 12.5. The molecule has 1 N–H and O–H groups in total. The highest BCUT2D eigenvalue weighted by Gasteiger charge is 2.36. The molecule has 0 amide bonds. The largest absolute Gasteiger partial charge is 0.451 e. The van der Waals surface area contributed by atoms with E-state index in [1.807, 2.05) is 0 Å². The highest BCUT2D eigenvalue weighted by Crippen LogP contribution is 2.29. The molecule has 0 bridgehead atoms. The second-order valence-electron chi connectivity index (χ2n) is 3.83. The molecule has 0 spiro atoms. The van der Waals surface area contributed by atoms with Crippen LogP contribution in [0.15, 0.2) is 18.3 Å². The Bertz CT molecular complexity index is 644. The van der Waals surface area contributed by atoms with Crippen LogP contribution < -0.4 is 5.32 Å². The van der Waals surface area contributed by atoms with Gasteiger partial charge in [0.15, 0.2) is 11.5 Å². The van der Waals surface area contributed by atoms with E-state index in [1.54, 1.807) is 0 Å². The third kappa shape index (κ3) is 3.23. The lowest BCUT2D eigenvalue weighted by atomic mass is 10.4. The highest BCUT2D eigenvalue weighted by molar-refractivity contribution is 5.41. The molecule has 2 aromatic rings. The average Bonchev–Trinajstić information content (AvgIpc) is 2.86. The van der Waals surface area contributed by atoms with E-state index in [-0.39, 0.29) is 5.82 Å². The van der Waals surface area contributed by atoms with Gasteiger partial charge in [-0.1, -0.05) is 0 Å². The summed E-state index contributed by atoms with van der Waals surface area (Å²) in [4.78, 5) is 6.37. The van der Waals surface area contributed by atoms with Gasteiger partial charge in [0.1, 0.15) is 5.82 Å². The summed E-state index contributed by atoms with van der Waals surface area (Å²) in [5.74, 6) is -2.11. The highest BCUT2D eigenvalue weighted by atomic mass is 19.4. The number of nitrogens with zero attached hydrogens (tertiary/aromatic N) is 4. The fourth-order valence-corrected chi connectivity index (χ4v) is 1.41. The van der Waals surface area contributed by atoms with Crippen LogP contribution in [0.4, 0.5) is 32.2 Å². The molecule has 0 fully saturated rings. The van der Waals surface area contributed by atoms with Crippen molar-refractivity contribution in [2.45, 2.75) is 12.4 Å². The standard InChI is InChI=1S/C10H7F6N5/c1-17-6-4-7(19-8(18-6)10(14,15)16)21-3-2-5(20-21)9(11,12)13/h2-4H,1H3,(H,17,18,19). The van der Waals surface area contributed by atoms with E-state index in [0.717, 1.165) is 12.3 Å². The first-order chi connectivity index (χ1) is 9.61. The molecule has 11 heteroatoms. The van der Waals surface area contributed by atoms with Crippen molar-refractivity contribution in [1.82, 2.24) is 19.7 Å². The van der Waals surface area contributed by atoms with Crippen molar-refractivity contribution in [3.63, 3.8) is 0 Å². The lowest BCUT2D eigenvalue weighted by molar-refractivity contribution is -0.145. The minimum atomic E-state index is -4.83. The second kappa shape index (κ2) is 4.90. The molecule has 114 valence electrons. The van der Waals surface area contributed by atoms with Crippen LogP contribution in [0.3, 0.4) is 0 Å². The summed E-state index contributed by atoms with van der Waals surface area (Å²) in [5, 5.41) is 5.53. The van der Waals surface area contributed by atoms with Crippen LogP contribution in [0.25, 0.3) is 5.82 Å². The van der Waals surface area contributed by atoms with E-state index in [2.05, 4.69) is 20.4 Å². The quantitative estimate of drug-likeness (QED) is 0.867. The van der Waals surface area contributed by atoms with Crippen LogP contribution in [0.5, 0.6) is 0 Å². The third-order valence-electron chi connectivity index (χ3n) is 2.34. The van der Waals surface area contributed by atoms with Gasteiger partial charge in [0.05, 0.1) is 0 Å². The summed E-state index contributed by atoms with van der Waals surface area (Å²) in [6.45, 7) is 0. The summed E-state index contributed by atoms with van der Waals surface area (Å²) >= 11 is 0. The Morgan fingerprint density at radius 1 is 1.05 bits per heavy atom. The fraction of sp³-hybridized carbons (Fsp3) is 0.300. The fourth-order valence-electron chi connectivity index (χ4n) is 1.41. The first-order valence-electron chi connectivity index (χ1n) is 5.38. The summed E-state index contributed by atoms with van der Waals surface area (Å²) in [6.07, 6.45) is -8.66. The van der Waals surface area contributed by atoms with Gasteiger partial charge in [0, 0.05) is 19.3 Å². The van der Waals surface area contributed by atoms with E-state index in [4.69, 9.17) is 0 Å².